The van der Waals surface area contributed by atoms with Gasteiger partial charge in [-0.1, -0.05) is 0 Å². The predicted octanol–water partition coefficient (Wildman–Crippen LogP) is 2.41. The van der Waals surface area contributed by atoms with Gasteiger partial charge in [-0.05, 0) is 20.8 Å². The number of hydrogen-bond acceptors (Lipinski definition) is 2. The van der Waals surface area contributed by atoms with Crippen molar-refractivity contribution in [2.24, 2.45) is 0 Å². The van der Waals surface area contributed by atoms with Crippen LogP contribution in [0.5, 0.6) is 5.75 Å². The largest absolute Gasteiger partial charge is 0.493 e. The number of rotatable bonds is 1. The van der Waals surface area contributed by atoms with Crippen molar-refractivity contribution < 1.29 is 9.13 Å². The molecule has 0 fully saturated rings. The standard InChI is InChI=1S/C11H13FN2O/c1-6-5-14-8(3)7(2)13-11(14)9(12)10(6)15-4/h5H,1-4H3. The topological polar surface area (TPSA) is 26.5 Å². The van der Waals surface area contributed by atoms with E-state index in [1.807, 2.05) is 27.0 Å². The number of methoxy groups -OCH3 is 1. The lowest BCUT2D eigenvalue weighted by molar-refractivity contribution is 0.383. The second-order valence-electron chi connectivity index (χ2n) is 3.64. The van der Waals surface area contributed by atoms with Gasteiger partial charge in [0.05, 0.1) is 12.8 Å². The lowest BCUT2D eigenvalue weighted by atomic mass is 10.2. The van der Waals surface area contributed by atoms with E-state index in [0.717, 1.165) is 17.0 Å². The first kappa shape index (κ1) is 9.96. The second-order valence-corrected chi connectivity index (χ2v) is 3.64. The third-order valence-corrected chi connectivity index (χ3v) is 2.67. The molecule has 0 saturated heterocycles. The van der Waals surface area contributed by atoms with Crippen LogP contribution in [0.25, 0.3) is 5.65 Å². The molecule has 0 aliphatic carbocycles. The van der Waals surface area contributed by atoms with Crippen molar-refractivity contribution in [2.45, 2.75) is 20.8 Å². The first-order valence-corrected chi connectivity index (χ1v) is 4.74. The molecule has 80 valence electrons. The monoisotopic (exact) mass is 208 g/mol. The van der Waals surface area contributed by atoms with Gasteiger partial charge in [0.15, 0.2) is 11.4 Å². The first-order valence-electron chi connectivity index (χ1n) is 4.74. The Balaban J connectivity index is 2.90. The van der Waals surface area contributed by atoms with Crippen LogP contribution < -0.4 is 4.74 Å². The zero-order valence-electron chi connectivity index (χ0n) is 9.26. The van der Waals surface area contributed by atoms with E-state index in [1.54, 1.807) is 4.40 Å². The summed E-state index contributed by atoms with van der Waals surface area (Å²) in [5, 5.41) is 0. The van der Waals surface area contributed by atoms with E-state index in [2.05, 4.69) is 4.98 Å². The number of aromatic nitrogens is 2. The second kappa shape index (κ2) is 3.22. The molecule has 0 aliphatic rings. The number of hydrogen-bond donors (Lipinski definition) is 0. The SMILES string of the molecule is COc1c(C)cn2c(C)c(C)nc2c1F. The molecule has 0 atom stereocenters. The molecule has 0 radical (unpaired) electrons. The Hall–Kier alpha value is -1.58. The highest BCUT2D eigenvalue weighted by Crippen LogP contribution is 2.26. The molecule has 3 nitrogen and oxygen atoms in total. The summed E-state index contributed by atoms with van der Waals surface area (Å²) < 4.78 is 20.7. The van der Waals surface area contributed by atoms with Gasteiger partial charge in [0.25, 0.3) is 0 Å². The van der Waals surface area contributed by atoms with Crippen LogP contribution in [0.15, 0.2) is 6.20 Å². The predicted molar refractivity (Wildman–Crippen MR) is 55.9 cm³/mol. The summed E-state index contributed by atoms with van der Waals surface area (Å²) in [5.74, 6) is -0.124. The molecule has 2 aromatic heterocycles. The first-order chi connectivity index (χ1) is 7.06. The maximum absolute atomic E-state index is 13.9. The van der Waals surface area contributed by atoms with Gasteiger partial charge in [0.1, 0.15) is 0 Å². The van der Waals surface area contributed by atoms with E-state index in [-0.39, 0.29) is 5.75 Å². The zero-order chi connectivity index (χ0) is 11.2. The molecule has 2 heterocycles. The third kappa shape index (κ3) is 1.28. The number of fused-ring (bicyclic) bond motifs is 1. The quantitative estimate of drug-likeness (QED) is 0.719. The van der Waals surface area contributed by atoms with E-state index in [0.29, 0.717) is 5.65 Å². The van der Waals surface area contributed by atoms with Gasteiger partial charge >= 0.3 is 0 Å². The maximum atomic E-state index is 13.9. The van der Waals surface area contributed by atoms with Crippen LogP contribution in [0.1, 0.15) is 17.0 Å². The van der Waals surface area contributed by atoms with Crippen LogP contribution in [0.4, 0.5) is 4.39 Å². The molecular formula is C11H13FN2O. The number of ether oxygens (including phenoxy) is 1. The van der Waals surface area contributed by atoms with Crippen molar-refractivity contribution in [1.82, 2.24) is 9.38 Å². The van der Waals surface area contributed by atoms with Gasteiger partial charge in [-0.2, -0.15) is 4.39 Å². The Kier molecular flexibility index (Phi) is 2.14. The van der Waals surface area contributed by atoms with Gasteiger partial charge in [0.2, 0.25) is 5.82 Å². The zero-order valence-corrected chi connectivity index (χ0v) is 9.26. The fraction of sp³-hybridized carbons (Fsp3) is 0.364. The van der Waals surface area contributed by atoms with Crippen LogP contribution in [-0.4, -0.2) is 16.5 Å². The van der Waals surface area contributed by atoms with Gasteiger partial charge in [-0.25, -0.2) is 4.98 Å². The number of nitrogens with zero attached hydrogens (tertiary/aromatic N) is 2. The fourth-order valence-corrected chi connectivity index (χ4v) is 1.72. The minimum atomic E-state index is -0.395. The summed E-state index contributed by atoms with van der Waals surface area (Å²) in [6, 6.07) is 0. The minimum absolute atomic E-state index is 0.271. The summed E-state index contributed by atoms with van der Waals surface area (Å²) in [6.07, 6.45) is 1.84. The van der Waals surface area contributed by atoms with E-state index in [4.69, 9.17) is 4.74 Å². The molecule has 0 aromatic carbocycles. The molecule has 15 heavy (non-hydrogen) atoms. The molecule has 0 amide bonds. The van der Waals surface area contributed by atoms with Crippen molar-refractivity contribution in [1.29, 1.82) is 0 Å². The van der Waals surface area contributed by atoms with Crippen LogP contribution >= 0.6 is 0 Å². The van der Waals surface area contributed by atoms with Crippen molar-refractivity contribution >= 4 is 5.65 Å². The van der Waals surface area contributed by atoms with Crippen LogP contribution in [0.3, 0.4) is 0 Å². The number of aryl methyl sites for hydroxylation is 3. The Morgan fingerprint density at radius 2 is 2.00 bits per heavy atom. The lowest BCUT2D eigenvalue weighted by Crippen LogP contribution is -1.98. The Labute approximate surface area is 87.5 Å². The molecule has 0 N–H and O–H groups in total. The van der Waals surface area contributed by atoms with Crippen molar-refractivity contribution in [3.05, 3.63) is 29.0 Å². The average molecular weight is 208 g/mol. The molecule has 2 aromatic rings. The van der Waals surface area contributed by atoms with Crippen LogP contribution in [0, 0.1) is 26.6 Å². The van der Waals surface area contributed by atoms with Crippen LogP contribution in [0.2, 0.25) is 0 Å². The number of pyridine rings is 1. The highest BCUT2D eigenvalue weighted by atomic mass is 19.1. The van der Waals surface area contributed by atoms with Gasteiger partial charge < -0.3 is 9.14 Å². The fourth-order valence-electron chi connectivity index (χ4n) is 1.72. The Morgan fingerprint density at radius 3 is 2.60 bits per heavy atom. The van der Waals surface area contributed by atoms with Crippen LogP contribution in [-0.2, 0) is 0 Å². The maximum Gasteiger partial charge on any atom is 0.208 e. The number of imidazole rings is 1. The van der Waals surface area contributed by atoms with E-state index in [1.165, 1.54) is 7.11 Å². The van der Waals surface area contributed by atoms with Gasteiger partial charge in [-0.3, -0.25) is 0 Å². The summed E-state index contributed by atoms with van der Waals surface area (Å²) in [5.41, 5.74) is 2.88. The van der Waals surface area contributed by atoms with Crippen molar-refractivity contribution in [3.8, 4) is 5.75 Å². The molecule has 0 spiro atoms. The number of halogens is 1. The highest BCUT2D eigenvalue weighted by Gasteiger charge is 2.15. The molecule has 0 saturated carbocycles. The van der Waals surface area contributed by atoms with Gasteiger partial charge in [0, 0.05) is 17.5 Å². The summed E-state index contributed by atoms with van der Waals surface area (Å²) in [6.45, 7) is 5.60. The van der Waals surface area contributed by atoms with E-state index < -0.39 is 5.82 Å². The molecule has 4 heteroatoms. The van der Waals surface area contributed by atoms with Gasteiger partial charge in [-0.15, -0.1) is 0 Å². The molecule has 0 bridgehead atoms. The summed E-state index contributed by atoms with van der Waals surface area (Å²) in [7, 11) is 1.46. The molecule has 2 rings (SSSR count). The Bertz CT molecular complexity index is 531. The average Bonchev–Trinajstić information content (AvgIpc) is 2.46. The van der Waals surface area contributed by atoms with E-state index in [9.17, 15) is 4.39 Å². The van der Waals surface area contributed by atoms with Crippen molar-refractivity contribution in [2.75, 3.05) is 7.11 Å². The third-order valence-electron chi connectivity index (χ3n) is 2.67. The minimum Gasteiger partial charge on any atom is -0.493 e. The Morgan fingerprint density at radius 1 is 1.33 bits per heavy atom. The smallest absolute Gasteiger partial charge is 0.208 e. The molecular weight excluding hydrogens is 195 g/mol. The lowest BCUT2D eigenvalue weighted by Gasteiger charge is -2.07. The van der Waals surface area contributed by atoms with Crippen molar-refractivity contribution in [3.63, 3.8) is 0 Å². The van der Waals surface area contributed by atoms with E-state index >= 15 is 0 Å². The summed E-state index contributed by atoms with van der Waals surface area (Å²) in [4.78, 5) is 4.17. The highest BCUT2D eigenvalue weighted by molar-refractivity contribution is 5.52. The molecule has 0 aliphatic heterocycles. The molecule has 0 unspecified atom stereocenters. The summed E-state index contributed by atoms with van der Waals surface area (Å²) >= 11 is 0. The normalized spacial score (nSPS) is 11.0.